The van der Waals surface area contributed by atoms with Gasteiger partial charge in [-0.2, -0.15) is 0 Å². The molecule has 3 rings (SSSR count). The van der Waals surface area contributed by atoms with Gasteiger partial charge in [-0.25, -0.2) is 0 Å². The largest absolute Gasteiger partial charge is 0.336 e. The number of likely N-dealkylation sites (N-methyl/N-ethyl adjacent to an activating group) is 1. The van der Waals surface area contributed by atoms with Crippen molar-refractivity contribution in [2.45, 2.75) is 37.8 Å². The van der Waals surface area contributed by atoms with Gasteiger partial charge >= 0.3 is 0 Å². The summed E-state index contributed by atoms with van der Waals surface area (Å²) in [4.78, 5) is 18.9. The van der Waals surface area contributed by atoms with E-state index in [1.165, 1.54) is 0 Å². The molecule has 4 nitrogen and oxygen atoms in total. The molecule has 1 aliphatic rings. The standard InChI is InChI=1S/C17H21N3O/c1-20(15-9-5-4-8-14(15)18)17(21)16-13-7-3-2-6-12(13)10-11-19-16/h2-3,6-7,10-11,14-15H,4-5,8-9,18H2,1H3. The minimum Gasteiger partial charge on any atom is -0.336 e. The van der Waals surface area contributed by atoms with E-state index in [1.807, 2.05) is 37.4 Å². The molecule has 1 amide bonds. The van der Waals surface area contributed by atoms with Gasteiger partial charge in [-0.1, -0.05) is 37.1 Å². The molecule has 0 saturated heterocycles. The molecule has 0 aliphatic heterocycles. The van der Waals surface area contributed by atoms with Crippen molar-refractivity contribution in [3.8, 4) is 0 Å². The Morgan fingerprint density at radius 1 is 1.24 bits per heavy atom. The number of hydrogen-bond donors (Lipinski definition) is 1. The van der Waals surface area contributed by atoms with Gasteiger partial charge in [-0.15, -0.1) is 0 Å². The molecular weight excluding hydrogens is 262 g/mol. The minimum absolute atomic E-state index is 0.0332. The lowest BCUT2D eigenvalue weighted by Gasteiger charge is -2.36. The van der Waals surface area contributed by atoms with E-state index in [2.05, 4.69) is 4.98 Å². The number of amides is 1. The molecule has 2 N–H and O–H groups in total. The molecule has 0 spiro atoms. The van der Waals surface area contributed by atoms with Gasteiger partial charge < -0.3 is 10.6 Å². The van der Waals surface area contributed by atoms with E-state index in [0.29, 0.717) is 5.69 Å². The summed E-state index contributed by atoms with van der Waals surface area (Å²) in [5, 5.41) is 1.94. The van der Waals surface area contributed by atoms with E-state index in [0.717, 1.165) is 36.5 Å². The van der Waals surface area contributed by atoms with Crippen molar-refractivity contribution in [3.05, 3.63) is 42.2 Å². The van der Waals surface area contributed by atoms with Crippen LogP contribution in [-0.2, 0) is 0 Å². The first-order valence-corrected chi connectivity index (χ1v) is 7.55. The lowest BCUT2D eigenvalue weighted by molar-refractivity contribution is 0.0668. The lowest BCUT2D eigenvalue weighted by atomic mass is 9.90. The number of rotatable bonds is 2. The van der Waals surface area contributed by atoms with Crippen LogP contribution in [0.1, 0.15) is 36.2 Å². The summed E-state index contributed by atoms with van der Waals surface area (Å²) in [6, 6.07) is 9.97. The number of aromatic nitrogens is 1. The van der Waals surface area contributed by atoms with E-state index in [-0.39, 0.29) is 18.0 Å². The molecule has 2 atom stereocenters. The highest BCUT2D eigenvalue weighted by Gasteiger charge is 2.29. The molecule has 1 heterocycles. The molecule has 4 heteroatoms. The van der Waals surface area contributed by atoms with Crippen LogP contribution in [0.4, 0.5) is 0 Å². The van der Waals surface area contributed by atoms with Crippen LogP contribution in [0.5, 0.6) is 0 Å². The number of pyridine rings is 1. The highest BCUT2D eigenvalue weighted by atomic mass is 16.2. The Bertz CT molecular complexity index is 650. The van der Waals surface area contributed by atoms with Crippen LogP contribution in [0.15, 0.2) is 36.5 Å². The number of carbonyl (C=O) groups excluding carboxylic acids is 1. The lowest BCUT2D eigenvalue weighted by Crippen LogP contribution is -2.50. The van der Waals surface area contributed by atoms with Crippen molar-refractivity contribution in [1.29, 1.82) is 0 Å². The Morgan fingerprint density at radius 2 is 2.00 bits per heavy atom. The molecular formula is C17H21N3O. The van der Waals surface area contributed by atoms with Crippen molar-refractivity contribution in [3.63, 3.8) is 0 Å². The second kappa shape index (κ2) is 5.82. The van der Waals surface area contributed by atoms with E-state index in [9.17, 15) is 4.79 Å². The fraction of sp³-hybridized carbons (Fsp3) is 0.412. The van der Waals surface area contributed by atoms with Crippen LogP contribution in [-0.4, -0.2) is 34.9 Å². The van der Waals surface area contributed by atoms with Crippen LogP contribution in [0.25, 0.3) is 10.8 Å². The molecule has 2 unspecified atom stereocenters. The summed E-state index contributed by atoms with van der Waals surface area (Å²) in [6.45, 7) is 0. The molecule has 110 valence electrons. The first-order chi connectivity index (χ1) is 10.2. The number of hydrogen-bond acceptors (Lipinski definition) is 3. The number of nitrogens with two attached hydrogens (primary N) is 1. The Balaban J connectivity index is 1.93. The summed E-state index contributed by atoms with van der Waals surface area (Å²) in [6.07, 6.45) is 5.97. The predicted molar refractivity (Wildman–Crippen MR) is 84.1 cm³/mol. The second-order valence-electron chi connectivity index (χ2n) is 5.81. The number of benzene rings is 1. The Hall–Kier alpha value is -1.94. The predicted octanol–water partition coefficient (Wildman–Crippen LogP) is 2.58. The first-order valence-electron chi connectivity index (χ1n) is 7.55. The maximum absolute atomic E-state index is 12.8. The maximum Gasteiger partial charge on any atom is 0.273 e. The van der Waals surface area contributed by atoms with Crippen molar-refractivity contribution < 1.29 is 4.79 Å². The van der Waals surface area contributed by atoms with E-state index in [1.54, 1.807) is 11.1 Å². The SMILES string of the molecule is CN(C(=O)c1nccc2ccccc12)C1CCCCC1N. The second-order valence-corrected chi connectivity index (χ2v) is 5.81. The number of carbonyl (C=O) groups is 1. The molecule has 1 aromatic heterocycles. The molecule has 2 aromatic rings. The zero-order valence-electron chi connectivity index (χ0n) is 12.3. The van der Waals surface area contributed by atoms with Crippen molar-refractivity contribution >= 4 is 16.7 Å². The van der Waals surface area contributed by atoms with Gasteiger partial charge in [-0.3, -0.25) is 9.78 Å². The van der Waals surface area contributed by atoms with Crippen molar-refractivity contribution in [2.24, 2.45) is 5.73 Å². The third-order valence-corrected chi connectivity index (χ3v) is 4.48. The highest BCUT2D eigenvalue weighted by molar-refractivity contribution is 6.05. The summed E-state index contributed by atoms with van der Waals surface area (Å²) < 4.78 is 0. The zero-order chi connectivity index (χ0) is 14.8. The van der Waals surface area contributed by atoms with Gasteiger partial charge in [0.05, 0.1) is 0 Å². The third-order valence-electron chi connectivity index (χ3n) is 4.48. The van der Waals surface area contributed by atoms with Gasteiger partial charge in [-0.05, 0) is 24.3 Å². The monoisotopic (exact) mass is 283 g/mol. The fourth-order valence-electron chi connectivity index (χ4n) is 3.23. The fourth-order valence-corrected chi connectivity index (χ4v) is 3.23. The number of nitrogens with zero attached hydrogens (tertiary/aromatic N) is 2. The van der Waals surface area contributed by atoms with Crippen molar-refractivity contribution in [1.82, 2.24) is 9.88 Å². The molecule has 0 bridgehead atoms. The quantitative estimate of drug-likeness (QED) is 0.921. The van der Waals surface area contributed by atoms with Crippen molar-refractivity contribution in [2.75, 3.05) is 7.05 Å². The molecule has 1 saturated carbocycles. The molecule has 0 radical (unpaired) electrons. The van der Waals surface area contributed by atoms with E-state index < -0.39 is 0 Å². The van der Waals surface area contributed by atoms with Crippen LogP contribution >= 0.6 is 0 Å². The summed E-state index contributed by atoms with van der Waals surface area (Å²) in [5.74, 6) is -0.0332. The number of fused-ring (bicyclic) bond motifs is 1. The van der Waals surface area contributed by atoms with Crippen LogP contribution < -0.4 is 5.73 Å². The third kappa shape index (κ3) is 2.63. The van der Waals surface area contributed by atoms with Gasteiger partial charge in [0, 0.05) is 30.7 Å². The Labute approximate surface area is 125 Å². The molecule has 1 aliphatic carbocycles. The summed E-state index contributed by atoms with van der Waals surface area (Å²) >= 11 is 0. The average molecular weight is 283 g/mol. The Kier molecular flexibility index (Phi) is 3.88. The molecule has 1 fully saturated rings. The topological polar surface area (TPSA) is 59.2 Å². The van der Waals surface area contributed by atoms with Crippen LogP contribution in [0, 0.1) is 0 Å². The summed E-state index contributed by atoms with van der Waals surface area (Å²) in [7, 11) is 1.85. The maximum atomic E-state index is 12.8. The van der Waals surface area contributed by atoms with Gasteiger partial charge in [0.1, 0.15) is 5.69 Å². The zero-order valence-corrected chi connectivity index (χ0v) is 12.3. The molecule has 1 aromatic carbocycles. The normalized spacial score (nSPS) is 22.2. The summed E-state index contributed by atoms with van der Waals surface area (Å²) in [5.41, 5.74) is 6.72. The van der Waals surface area contributed by atoms with Gasteiger partial charge in [0.25, 0.3) is 5.91 Å². The minimum atomic E-state index is -0.0332. The van der Waals surface area contributed by atoms with Gasteiger partial charge in [0.15, 0.2) is 0 Å². The Morgan fingerprint density at radius 3 is 2.81 bits per heavy atom. The van der Waals surface area contributed by atoms with E-state index >= 15 is 0 Å². The average Bonchev–Trinajstić information content (AvgIpc) is 2.53. The highest BCUT2D eigenvalue weighted by Crippen LogP contribution is 2.24. The van der Waals surface area contributed by atoms with Crippen LogP contribution in [0.3, 0.4) is 0 Å². The molecule has 21 heavy (non-hydrogen) atoms. The van der Waals surface area contributed by atoms with Gasteiger partial charge in [0.2, 0.25) is 0 Å². The smallest absolute Gasteiger partial charge is 0.273 e. The first kappa shape index (κ1) is 14.0. The van der Waals surface area contributed by atoms with Crippen LogP contribution in [0.2, 0.25) is 0 Å². The van der Waals surface area contributed by atoms with E-state index in [4.69, 9.17) is 5.73 Å².